The van der Waals surface area contributed by atoms with Crippen molar-refractivity contribution in [1.82, 2.24) is 18.3 Å². The lowest BCUT2D eigenvalue weighted by Gasteiger charge is -2.11. The first kappa shape index (κ1) is 62.4. The summed E-state index contributed by atoms with van der Waals surface area (Å²) >= 11 is 26.0. The van der Waals surface area contributed by atoms with Gasteiger partial charge in [0.1, 0.15) is 0 Å². The van der Waals surface area contributed by atoms with E-state index in [1.54, 1.807) is 0 Å². The molecule has 0 aliphatic carbocycles. The molecule has 17 aromatic carbocycles. The first-order valence-electron chi connectivity index (χ1n) is 34.1. The molecule has 0 saturated heterocycles. The molecule has 0 spiro atoms. The van der Waals surface area contributed by atoms with Gasteiger partial charge in [0.2, 0.25) is 0 Å². The van der Waals surface area contributed by atoms with Crippen LogP contribution in [0.25, 0.3) is 164 Å². The third-order valence-electron chi connectivity index (χ3n) is 19.7. The fourth-order valence-corrected chi connectivity index (χ4v) is 16.2. The first-order chi connectivity index (χ1) is 50.3. The minimum absolute atomic E-state index is 0.751. The van der Waals surface area contributed by atoms with Gasteiger partial charge in [-0.2, -0.15) is 0 Å². The Morgan fingerprint density at radius 1 is 0.176 bits per heavy atom. The van der Waals surface area contributed by atoms with Crippen molar-refractivity contribution < 1.29 is 0 Å². The third-order valence-corrected chi connectivity index (χ3v) is 20.8. The van der Waals surface area contributed by atoms with Crippen molar-refractivity contribution in [1.29, 1.82) is 0 Å². The van der Waals surface area contributed by atoms with Crippen LogP contribution in [0.4, 0.5) is 0 Å². The fourth-order valence-electron chi connectivity index (χ4n) is 15.3. The van der Waals surface area contributed by atoms with Crippen LogP contribution in [0.3, 0.4) is 0 Å². The van der Waals surface area contributed by atoms with Gasteiger partial charge in [0, 0.05) is 86.7 Å². The van der Waals surface area contributed by atoms with Gasteiger partial charge in [0.15, 0.2) is 0 Å². The van der Waals surface area contributed by atoms with Gasteiger partial charge < -0.3 is 18.3 Å². The number of fused-ring (bicyclic) bond motifs is 20. The SMILES string of the molecule is Clc1ccc2c(c1)c1cc3ccccc3cc1n2-c1ccccc1.Clc1ccc2c3ccc(-c4ccccc4)cc3n(-c3ccccc3)c2c1.Clc1cccc2c1c1c3ccccc3c3ccccc3c1n2-c1ccccc1.Clc1cccc2c1c1ccc3ccccc3c1n2-c1ccccc1. The van der Waals surface area contributed by atoms with E-state index in [-0.39, 0.29) is 0 Å². The molecule has 0 radical (unpaired) electrons. The van der Waals surface area contributed by atoms with Gasteiger partial charge >= 0.3 is 0 Å². The lowest BCUT2D eigenvalue weighted by Crippen LogP contribution is -1.94. The van der Waals surface area contributed by atoms with E-state index in [4.69, 9.17) is 46.4 Å². The topological polar surface area (TPSA) is 19.7 Å². The fraction of sp³-hybridized carbons (Fsp3) is 0. The smallest absolute Gasteiger partial charge is 0.0626 e. The van der Waals surface area contributed by atoms with Crippen molar-refractivity contribution in [2.24, 2.45) is 0 Å². The highest BCUT2D eigenvalue weighted by Crippen LogP contribution is 2.46. The third kappa shape index (κ3) is 10.9. The van der Waals surface area contributed by atoms with Crippen LogP contribution in [0.15, 0.2) is 364 Å². The van der Waals surface area contributed by atoms with Gasteiger partial charge in [-0.3, -0.25) is 0 Å². The number of halogens is 4. The summed E-state index contributed by atoms with van der Waals surface area (Å²) in [7, 11) is 0. The predicted molar refractivity (Wildman–Crippen MR) is 439 cm³/mol. The Kier molecular flexibility index (Phi) is 16.1. The van der Waals surface area contributed by atoms with Crippen molar-refractivity contribution in [2.45, 2.75) is 0 Å². The van der Waals surface area contributed by atoms with E-state index in [1.807, 2.05) is 66.7 Å². The highest BCUT2D eigenvalue weighted by Gasteiger charge is 2.22. The van der Waals surface area contributed by atoms with Crippen molar-refractivity contribution in [3.05, 3.63) is 384 Å². The molecule has 8 heteroatoms. The molecule has 0 atom stereocenters. The Labute approximate surface area is 608 Å². The van der Waals surface area contributed by atoms with Crippen LogP contribution in [0.5, 0.6) is 0 Å². The van der Waals surface area contributed by atoms with Crippen LogP contribution < -0.4 is 0 Å². The second-order valence-corrected chi connectivity index (χ2v) is 27.3. The molecule has 4 aromatic heterocycles. The highest BCUT2D eigenvalue weighted by atomic mass is 35.5. The molecule has 21 rings (SSSR count). The van der Waals surface area contributed by atoms with E-state index in [0.29, 0.717) is 0 Å². The highest BCUT2D eigenvalue weighted by molar-refractivity contribution is 6.42. The maximum Gasteiger partial charge on any atom is 0.0626 e. The van der Waals surface area contributed by atoms with E-state index < -0.39 is 0 Å². The van der Waals surface area contributed by atoms with Gasteiger partial charge in [-0.1, -0.05) is 289 Å². The minimum atomic E-state index is 0.751. The first-order valence-corrected chi connectivity index (χ1v) is 35.6. The van der Waals surface area contributed by atoms with Crippen molar-refractivity contribution in [3.8, 4) is 33.9 Å². The van der Waals surface area contributed by atoms with Crippen LogP contribution in [0.2, 0.25) is 20.1 Å². The van der Waals surface area contributed by atoms with Crippen molar-refractivity contribution in [3.63, 3.8) is 0 Å². The van der Waals surface area contributed by atoms with E-state index in [2.05, 4.69) is 316 Å². The molecule has 4 heterocycles. The number of hydrogen-bond acceptors (Lipinski definition) is 0. The number of nitrogens with zero attached hydrogens (tertiary/aromatic N) is 4. The van der Waals surface area contributed by atoms with Gasteiger partial charge in [-0.25, -0.2) is 0 Å². The van der Waals surface area contributed by atoms with E-state index in [9.17, 15) is 0 Å². The number of benzene rings is 17. The molecule has 102 heavy (non-hydrogen) atoms. The van der Waals surface area contributed by atoms with Crippen LogP contribution in [-0.2, 0) is 0 Å². The summed E-state index contributed by atoms with van der Waals surface area (Å²) in [5.41, 5.74) is 16.4. The summed E-state index contributed by atoms with van der Waals surface area (Å²) < 4.78 is 9.28. The Morgan fingerprint density at radius 2 is 0.598 bits per heavy atom. The van der Waals surface area contributed by atoms with Crippen LogP contribution in [0, 0.1) is 0 Å². The summed E-state index contributed by atoms with van der Waals surface area (Å²) in [6.07, 6.45) is 0. The molecule has 0 saturated carbocycles. The average Bonchev–Trinajstić information content (AvgIpc) is 1.55. The van der Waals surface area contributed by atoms with E-state index in [1.165, 1.54) is 114 Å². The van der Waals surface area contributed by atoms with Crippen LogP contribution >= 0.6 is 46.4 Å². The summed E-state index contributed by atoms with van der Waals surface area (Å²) in [6, 6.07) is 127. The quantitative estimate of drug-likeness (QED) is 0.153. The zero-order valence-electron chi connectivity index (χ0n) is 54.9. The second-order valence-electron chi connectivity index (χ2n) is 25.6. The van der Waals surface area contributed by atoms with Gasteiger partial charge in [0.05, 0.1) is 54.2 Å². The summed E-state index contributed by atoms with van der Waals surface area (Å²) in [5, 5.41) is 22.6. The van der Waals surface area contributed by atoms with E-state index >= 15 is 0 Å². The molecular formula is C94H60Cl4N4. The van der Waals surface area contributed by atoms with Gasteiger partial charge in [0.25, 0.3) is 0 Å². The van der Waals surface area contributed by atoms with Crippen LogP contribution in [-0.4, -0.2) is 18.3 Å². The molecule has 0 N–H and O–H groups in total. The molecule has 0 aliphatic heterocycles. The molecule has 21 aromatic rings. The molecule has 0 amide bonds. The maximum atomic E-state index is 6.78. The Hall–Kier alpha value is -11.9. The molecule has 0 unspecified atom stereocenters. The Balaban J connectivity index is 0.0000000976. The molecule has 0 fully saturated rings. The molecule has 4 nitrogen and oxygen atoms in total. The zero-order chi connectivity index (χ0) is 68.4. The second kappa shape index (κ2) is 26.3. The summed E-state index contributed by atoms with van der Waals surface area (Å²) in [5.74, 6) is 0. The summed E-state index contributed by atoms with van der Waals surface area (Å²) in [4.78, 5) is 0. The monoisotopic (exact) mass is 1380 g/mol. The molecule has 0 bridgehead atoms. The Morgan fingerprint density at radius 3 is 1.23 bits per heavy atom. The van der Waals surface area contributed by atoms with Gasteiger partial charge in [-0.15, -0.1) is 0 Å². The normalized spacial score (nSPS) is 11.5. The predicted octanol–water partition coefficient (Wildman–Crippen LogP) is 28.0. The van der Waals surface area contributed by atoms with Crippen LogP contribution in [0.1, 0.15) is 0 Å². The van der Waals surface area contributed by atoms with Crippen molar-refractivity contribution >= 4 is 177 Å². The van der Waals surface area contributed by atoms with Crippen molar-refractivity contribution in [2.75, 3.05) is 0 Å². The van der Waals surface area contributed by atoms with Gasteiger partial charge in [-0.05, 0) is 165 Å². The minimum Gasteiger partial charge on any atom is -0.309 e. The number of para-hydroxylation sites is 4. The standard InChI is InChI=1S/C26H16ClN.C24H16ClN.2C22H14ClN/c27-22-15-8-16-23-25(22)24-20-13-6-4-11-18(20)19-12-5-7-14-21(19)26(24)28(23)17-9-2-1-3-10-17;25-19-12-14-22-21-13-11-18(17-7-3-1-4-8-17)15-23(21)26(24(22)16-19)20-9-5-2-6-10-20;23-19-11-6-12-20-21(19)18-14-13-15-7-4-5-10-17(15)22(18)24(20)16-8-2-1-3-9-16;23-17-10-11-21-20(14-17)19-12-15-6-4-5-7-16(15)13-22(19)24(21)18-8-2-1-3-9-18/h1-16H;1-16H;2*1-14H. The van der Waals surface area contributed by atoms with E-state index in [0.717, 1.165) is 70.2 Å². The molecule has 0 aliphatic rings. The number of hydrogen-bond donors (Lipinski definition) is 0. The lowest BCUT2D eigenvalue weighted by molar-refractivity contribution is 1.18. The summed E-state index contributed by atoms with van der Waals surface area (Å²) in [6.45, 7) is 0. The molecular weight excluding hydrogens is 1330 g/mol. The number of rotatable bonds is 5. The molecule has 484 valence electrons. The Bertz CT molecular complexity index is 6780. The zero-order valence-corrected chi connectivity index (χ0v) is 58.0. The lowest BCUT2D eigenvalue weighted by atomic mass is 9.97. The number of aromatic nitrogens is 4. The largest absolute Gasteiger partial charge is 0.309 e. The average molecular weight is 1390 g/mol. The maximum absolute atomic E-state index is 6.78.